The summed E-state index contributed by atoms with van der Waals surface area (Å²) in [4.78, 5) is 24.4. The number of hydrogen-bond donors (Lipinski definition) is 2. The molecule has 2 N–H and O–H groups in total. The number of methoxy groups -OCH3 is 1. The van der Waals surface area contributed by atoms with Gasteiger partial charge in [0.15, 0.2) is 0 Å². The van der Waals surface area contributed by atoms with Crippen molar-refractivity contribution in [2.24, 2.45) is 0 Å². The van der Waals surface area contributed by atoms with Crippen molar-refractivity contribution in [3.8, 4) is 5.75 Å². The molecule has 9 heteroatoms. The molecule has 2 heterocycles. The number of nitrogens with one attached hydrogen (secondary N) is 2. The highest BCUT2D eigenvalue weighted by Crippen LogP contribution is 2.31. The number of carbonyl (C=O) groups is 1. The van der Waals surface area contributed by atoms with E-state index in [1.807, 2.05) is 12.1 Å². The Morgan fingerprint density at radius 2 is 2.03 bits per heavy atom. The lowest BCUT2D eigenvalue weighted by Gasteiger charge is -2.29. The van der Waals surface area contributed by atoms with E-state index in [1.165, 1.54) is 37.8 Å². The Morgan fingerprint density at radius 1 is 1.20 bits per heavy atom. The fourth-order valence-electron chi connectivity index (χ4n) is 5.24. The minimum Gasteiger partial charge on any atom is -0.496 e. The standard InChI is InChI=1S/C26H29ClFN5O2/c1-35-24-13-22-16(14-30-26(32-22)31-18-8-9-21(28)20(27)12-18)11-17(24)15-29-25(34)23-7-4-10-33(23)19-5-2-3-6-19/h8-9,11-14,19,23H,2-7,10,15H2,1H3,(H,29,34)(H,30,31,32)/t23-/m1/s1. The zero-order chi connectivity index (χ0) is 24.4. The van der Waals surface area contributed by atoms with E-state index in [0.717, 1.165) is 30.3 Å². The SMILES string of the molecule is COc1cc2nc(Nc3ccc(F)c(Cl)c3)ncc2cc1CNC(=O)[C@H]1CCCN1C1CCCC1. The molecule has 2 aliphatic rings. The third kappa shape index (κ3) is 5.18. The lowest BCUT2D eigenvalue weighted by atomic mass is 10.1. The maximum absolute atomic E-state index is 13.4. The Balaban J connectivity index is 1.29. The highest BCUT2D eigenvalue weighted by Gasteiger charge is 2.36. The molecule has 1 atom stereocenters. The van der Waals surface area contributed by atoms with Gasteiger partial charge in [0.1, 0.15) is 11.6 Å². The van der Waals surface area contributed by atoms with Gasteiger partial charge >= 0.3 is 0 Å². The Morgan fingerprint density at radius 3 is 2.80 bits per heavy atom. The van der Waals surface area contributed by atoms with Crippen molar-refractivity contribution in [1.29, 1.82) is 0 Å². The van der Waals surface area contributed by atoms with Gasteiger partial charge in [0.2, 0.25) is 11.9 Å². The van der Waals surface area contributed by atoms with Crippen LogP contribution in [0.3, 0.4) is 0 Å². The molecule has 2 fully saturated rings. The number of likely N-dealkylation sites (tertiary alicyclic amines) is 1. The van der Waals surface area contributed by atoms with Crippen LogP contribution in [0.4, 0.5) is 16.0 Å². The van der Waals surface area contributed by atoms with Crippen LogP contribution in [0.15, 0.2) is 36.5 Å². The summed E-state index contributed by atoms with van der Waals surface area (Å²) in [6, 6.07) is 8.62. The van der Waals surface area contributed by atoms with Crippen molar-refractivity contribution < 1.29 is 13.9 Å². The van der Waals surface area contributed by atoms with Crippen LogP contribution in [0.2, 0.25) is 5.02 Å². The zero-order valence-corrected chi connectivity index (χ0v) is 20.4. The van der Waals surface area contributed by atoms with Gasteiger partial charge < -0.3 is 15.4 Å². The molecule has 5 rings (SSSR count). The second kappa shape index (κ2) is 10.3. The number of rotatable bonds is 7. The maximum Gasteiger partial charge on any atom is 0.237 e. The number of benzene rings is 2. The maximum atomic E-state index is 13.4. The molecule has 1 aliphatic heterocycles. The summed E-state index contributed by atoms with van der Waals surface area (Å²) in [5.74, 6) is 0.605. The van der Waals surface area contributed by atoms with Crippen LogP contribution in [0.1, 0.15) is 44.1 Å². The molecule has 0 bridgehead atoms. The van der Waals surface area contributed by atoms with E-state index in [4.69, 9.17) is 16.3 Å². The molecule has 3 aromatic rings. The van der Waals surface area contributed by atoms with E-state index < -0.39 is 5.82 Å². The molecule has 1 aromatic heterocycles. The predicted octanol–water partition coefficient (Wildman–Crippen LogP) is 5.20. The summed E-state index contributed by atoms with van der Waals surface area (Å²) in [5.41, 5.74) is 2.14. The third-order valence-corrected chi connectivity index (χ3v) is 7.29. The third-order valence-electron chi connectivity index (χ3n) is 7.00. The van der Waals surface area contributed by atoms with Gasteiger partial charge in [0, 0.05) is 41.5 Å². The molecular formula is C26H29ClFN5O2. The Labute approximate surface area is 209 Å². The average Bonchev–Trinajstić information content (AvgIpc) is 3.56. The van der Waals surface area contributed by atoms with Crippen molar-refractivity contribution in [2.45, 2.75) is 57.2 Å². The molecule has 1 saturated heterocycles. The van der Waals surface area contributed by atoms with E-state index in [-0.39, 0.29) is 17.0 Å². The van der Waals surface area contributed by atoms with Crippen LogP contribution in [0, 0.1) is 5.82 Å². The van der Waals surface area contributed by atoms with Crippen molar-refractivity contribution in [3.05, 3.63) is 52.9 Å². The van der Waals surface area contributed by atoms with E-state index in [9.17, 15) is 9.18 Å². The van der Waals surface area contributed by atoms with E-state index in [0.29, 0.717) is 35.5 Å². The number of ether oxygens (including phenoxy) is 1. The summed E-state index contributed by atoms with van der Waals surface area (Å²) < 4.78 is 19.0. The minimum atomic E-state index is -0.486. The van der Waals surface area contributed by atoms with Gasteiger partial charge in [-0.05, 0) is 56.5 Å². The van der Waals surface area contributed by atoms with E-state index in [1.54, 1.807) is 19.4 Å². The molecule has 1 amide bonds. The van der Waals surface area contributed by atoms with Gasteiger partial charge in [-0.25, -0.2) is 14.4 Å². The van der Waals surface area contributed by atoms with Gasteiger partial charge in [-0.3, -0.25) is 9.69 Å². The molecule has 2 aromatic carbocycles. The molecule has 1 aliphatic carbocycles. The zero-order valence-electron chi connectivity index (χ0n) is 19.7. The first-order valence-electron chi connectivity index (χ1n) is 12.1. The largest absolute Gasteiger partial charge is 0.496 e. The average molecular weight is 498 g/mol. The van der Waals surface area contributed by atoms with Gasteiger partial charge in [-0.2, -0.15) is 0 Å². The van der Waals surface area contributed by atoms with Crippen LogP contribution in [-0.4, -0.2) is 46.5 Å². The lowest BCUT2D eigenvalue weighted by molar-refractivity contribution is -0.126. The van der Waals surface area contributed by atoms with Crippen LogP contribution in [0.5, 0.6) is 5.75 Å². The van der Waals surface area contributed by atoms with Crippen LogP contribution < -0.4 is 15.4 Å². The van der Waals surface area contributed by atoms with Crippen LogP contribution in [0.25, 0.3) is 10.9 Å². The second-order valence-corrected chi connectivity index (χ2v) is 9.63. The smallest absolute Gasteiger partial charge is 0.237 e. The van der Waals surface area contributed by atoms with Gasteiger partial charge in [-0.15, -0.1) is 0 Å². The lowest BCUT2D eigenvalue weighted by Crippen LogP contribution is -2.46. The molecule has 0 unspecified atom stereocenters. The first kappa shape index (κ1) is 23.8. The Hall–Kier alpha value is -2.97. The fourth-order valence-corrected chi connectivity index (χ4v) is 5.42. The van der Waals surface area contributed by atoms with Gasteiger partial charge in [0.05, 0.1) is 23.7 Å². The number of halogens is 2. The first-order chi connectivity index (χ1) is 17.0. The van der Waals surface area contributed by atoms with Crippen LogP contribution >= 0.6 is 11.6 Å². The minimum absolute atomic E-state index is 0.0214. The predicted molar refractivity (Wildman–Crippen MR) is 135 cm³/mol. The highest BCUT2D eigenvalue weighted by atomic mass is 35.5. The molecule has 35 heavy (non-hydrogen) atoms. The first-order valence-corrected chi connectivity index (χ1v) is 12.5. The van der Waals surface area contributed by atoms with Crippen molar-refractivity contribution >= 4 is 40.0 Å². The Bertz CT molecular complexity index is 1230. The normalized spacial score (nSPS) is 18.8. The number of carbonyl (C=O) groups excluding carboxylic acids is 1. The van der Waals surface area contributed by atoms with E-state index >= 15 is 0 Å². The van der Waals surface area contributed by atoms with Gasteiger partial charge in [-0.1, -0.05) is 24.4 Å². The summed E-state index contributed by atoms with van der Waals surface area (Å²) in [6.07, 6.45) is 8.63. The number of anilines is 2. The molecule has 0 spiro atoms. The number of hydrogen-bond acceptors (Lipinski definition) is 6. The number of fused-ring (bicyclic) bond motifs is 1. The summed E-state index contributed by atoms with van der Waals surface area (Å²) in [7, 11) is 1.60. The summed E-state index contributed by atoms with van der Waals surface area (Å²) in [5, 5.41) is 7.02. The van der Waals surface area contributed by atoms with Gasteiger partial charge in [0.25, 0.3) is 0 Å². The molecule has 7 nitrogen and oxygen atoms in total. The number of amides is 1. The Kier molecular flexibility index (Phi) is 7.02. The summed E-state index contributed by atoms with van der Waals surface area (Å²) >= 11 is 5.86. The van der Waals surface area contributed by atoms with E-state index in [2.05, 4.69) is 25.5 Å². The molecular weight excluding hydrogens is 469 g/mol. The monoisotopic (exact) mass is 497 g/mol. The fraction of sp³-hybridized carbons (Fsp3) is 0.423. The summed E-state index contributed by atoms with van der Waals surface area (Å²) in [6.45, 7) is 1.39. The quantitative estimate of drug-likeness (QED) is 0.467. The highest BCUT2D eigenvalue weighted by molar-refractivity contribution is 6.31. The van der Waals surface area contributed by atoms with Crippen LogP contribution in [-0.2, 0) is 11.3 Å². The van der Waals surface area contributed by atoms with Crippen molar-refractivity contribution in [3.63, 3.8) is 0 Å². The van der Waals surface area contributed by atoms with Crippen molar-refractivity contribution in [1.82, 2.24) is 20.2 Å². The second-order valence-electron chi connectivity index (χ2n) is 9.22. The number of nitrogens with zero attached hydrogens (tertiary/aromatic N) is 3. The van der Waals surface area contributed by atoms with Crippen molar-refractivity contribution in [2.75, 3.05) is 19.0 Å². The molecule has 0 radical (unpaired) electrons. The molecule has 184 valence electrons. The molecule has 1 saturated carbocycles. The number of aromatic nitrogens is 2. The topological polar surface area (TPSA) is 79.4 Å².